The van der Waals surface area contributed by atoms with Gasteiger partial charge in [-0.3, -0.25) is 0 Å². The van der Waals surface area contributed by atoms with Crippen molar-refractivity contribution in [3.8, 4) is 22.5 Å². The van der Waals surface area contributed by atoms with Crippen LogP contribution in [-0.4, -0.2) is 18.0 Å². The normalized spacial score (nSPS) is 14.0. The van der Waals surface area contributed by atoms with Crippen molar-refractivity contribution in [2.45, 2.75) is 66.0 Å². The maximum Gasteiger partial charge on any atom is 0.165 e. The standard InChI is InChI=1S/C20H15FNO.C18H24NSi.Ir/c1-12(2)13-9-10-22-18(11-13)16-7-3-5-14-15-6-4-8-17(21)20(15)23-19(14)16;1-13(2)16-11-17(15-9-7-14(3)8-10-15)19-12-18(16)20(4,5)6;/h3-6,8-12H,1-2H3;7-9,11-13H,1-6H3;/q2*-1;/i12D;3D3,13D;. The molecule has 0 saturated carbocycles. The second-order valence-corrected chi connectivity index (χ2v) is 17.1. The number of hydrogen-bond donors (Lipinski definition) is 0. The Kier molecular flexibility index (Phi) is 8.37. The number of fused-ring (bicyclic) bond motifs is 3. The Bertz CT molecular complexity index is 2090. The summed E-state index contributed by atoms with van der Waals surface area (Å²) in [7, 11) is -1.61. The van der Waals surface area contributed by atoms with Crippen LogP contribution in [0.1, 0.15) is 63.0 Å². The second-order valence-electron chi connectivity index (χ2n) is 12.1. The quantitative estimate of drug-likeness (QED) is 0.129. The van der Waals surface area contributed by atoms with E-state index in [1.165, 1.54) is 17.3 Å². The minimum atomic E-state index is -2.13. The topological polar surface area (TPSA) is 38.9 Å². The van der Waals surface area contributed by atoms with Gasteiger partial charge in [-0.25, -0.2) is 4.39 Å². The van der Waals surface area contributed by atoms with Crippen molar-refractivity contribution in [2.75, 3.05) is 0 Å². The first-order chi connectivity index (χ1) is 22.2. The second kappa shape index (κ2) is 13.7. The molecule has 0 amide bonds. The fourth-order valence-corrected chi connectivity index (χ4v) is 6.58. The molecule has 44 heavy (non-hydrogen) atoms. The molecule has 0 N–H and O–H groups in total. The van der Waals surface area contributed by atoms with E-state index in [2.05, 4.69) is 41.7 Å². The van der Waals surface area contributed by atoms with Crippen molar-refractivity contribution in [3.05, 3.63) is 114 Å². The van der Waals surface area contributed by atoms with Gasteiger partial charge in [0.15, 0.2) is 11.4 Å². The molecule has 6 rings (SSSR count). The van der Waals surface area contributed by atoms with Gasteiger partial charge in [-0.2, -0.15) is 0 Å². The van der Waals surface area contributed by atoms with Crippen molar-refractivity contribution >= 4 is 35.2 Å². The number of aryl methyl sites for hydroxylation is 1. The molecule has 3 heterocycles. The molecule has 0 bridgehead atoms. The summed E-state index contributed by atoms with van der Waals surface area (Å²) in [6.07, 6.45) is 3.57. The van der Waals surface area contributed by atoms with Gasteiger partial charge in [-0.1, -0.05) is 101 Å². The van der Waals surface area contributed by atoms with E-state index in [1.807, 2.05) is 64.2 Å². The maximum atomic E-state index is 14.0. The van der Waals surface area contributed by atoms with Gasteiger partial charge in [-0.05, 0) is 40.5 Å². The van der Waals surface area contributed by atoms with E-state index in [0.29, 0.717) is 16.8 Å². The van der Waals surface area contributed by atoms with Crippen LogP contribution in [0, 0.1) is 24.8 Å². The first-order valence-electron chi connectivity index (χ1n) is 16.8. The van der Waals surface area contributed by atoms with Crippen LogP contribution in [0.5, 0.6) is 0 Å². The molecule has 0 aliphatic carbocycles. The van der Waals surface area contributed by atoms with Crippen LogP contribution >= 0.6 is 0 Å². The third kappa shape index (κ3) is 7.09. The van der Waals surface area contributed by atoms with Gasteiger partial charge >= 0.3 is 0 Å². The number of aromatic nitrogens is 2. The summed E-state index contributed by atoms with van der Waals surface area (Å²) in [5.74, 6) is -1.83. The SMILES string of the molecule is [2H]C(C)(C)c1ccnc(-c2[c-]ccc3c2oc2c(F)cccc23)c1.[2H]C([2H])([2H])c1c[c-]c(-c2cc(C([2H])(C)C)c([Si](C)(C)C)cn2)cc1.[Ir]. The Morgan fingerprint density at radius 2 is 1.66 bits per heavy atom. The molecule has 0 saturated heterocycles. The molecule has 0 fully saturated rings. The van der Waals surface area contributed by atoms with E-state index in [9.17, 15) is 4.39 Å². The van der Waals surface area contributed by atoms with Crippen LogP contribution in [0.15, 0.2) is 83.5 Å². The first-order valence-corrected chi connectivity index (χ1v) is 17.8. The van der Waals surface area contributed by atoms with Crippen molar-refractivity contribution in [2.24, 2.45) is 0 Å². The van der Waals surface area contributed by atoms with Crippen molar-refractivity contribution in [3.63, 3.8) is 0 Å². The summed E-state index contributed by atoms with van der Waals surface area (Å²) in [6.45, 7) is 12.0. The van der Waals surface area contributed by atoms with Gasteiger partial charge in [0, 0.05) is 44.7 Å². The Labute approximate surface area is 282 Å². The van der Waals surface area contributed by atoms with Gasteiger partial charge in [0.05, 0.1) is 13.7 Å². The number of rotatable bonds is 5. The summed E-state index contributed by atoms with van der Waals surface area (Å²) in [5.41, 5.74) is 5.72. The number of pyridine rings is 2. The Balaban J connectivity index is 0.000000216. The summed E-state index contributed by atoms with van der Waals surface area (Å²) in [6, 6.07) is 25.2. The molecule has 1 radical (unpaired) electrons. The fourth-order valence-electron chi connectivity index (χ4n) is 5.00. The number of para-hydroxylation sites is 1. The first kappa shape index (κ1) is 26.9. The largest absolute Gasteiger partial charge is 0.498 e. The summed E-state index contributed by atoms with van der Waals surface area (Å²) >= 11 is 0. The summed E-state index contributed by atoms with van der Waals surface area (Å²) < 4.78 is 58.8. The average molecular weight is 784 g/mol. The van der Waals surface area contributed by atoms with Crippen LogP contribution in [-0.2, 0) is 20.1 Å². The average Bonchev–Trinajstić information content (AvgIpc) is 3.40. The van der Waals surface area contributed by atoms with Crippen molar-refractivity contribution in [1.82, 2.24) is 9.97 Å². The number of furan rings is 1. The molecular formula is C38H39FIrN2OSi-2. The van der Waals surface area contributed by atoms with Gasteiger partial charge < -0.3 is 14.4 Å². The maximum absolute atomic E-state index is 14.0. The zero-order valence-corrected chi connectivity index (χ0v) is 29.4. The molecule has 0 spiro atoms. The Morgan fingerprint density at radius 3 is 2.32 bits per heavy atom. The number of benzene rings is 3. The summed E-state index contributed by atoms with van der Waals surface area (Å²) in [5, 5.41) is 2.75. The predicted octanol–water partition coefficient (Wildman–Crippen LogP) is 10.2. The van der Waals surface area contributed by atoms with E-state index >= 15 is 0 Å². The van der Waals surface area contributed by atoms with Gasteiger partial charge in [0.2, 0.25) is 0 Å². The van der Waals surface area contributed by atoms with Gasteiger partial charge in [0.1, 0.15) is 0 Å². The van der Waals surface area contributed by atoms with E-state index in [-0.39, 0.29) is 37.1 Å². The van der Waals surface area contributed by atoms with Gasteiger partial charge in [0.25, 0.3) is 0 Å². The molecule has 3 nitrogen and oxygen atoms in total. The van der Waals surface area contributed by atoms with Gasteiger partial charge in [-0.15, -0.1) is 53.6 Å². The molecule has 3 aromatic carbocycles. The molecule has 6 heteroatoms. The predicted molar refractivity (Wildman–Crippen MR) is 180 cm³/mol. The number of nitrogens with zero attached hydrogens (tertiary/aromatic N) is 2. The fraction of sp³-hybridized carbons (Fsp3) is 0.263. The molecule has 0 atom stereocenters. The zero-order valence-electron chi connectivity index (χ0n) is 31.0. The van der Waals surface area contributed by atoms with E-state index in [4.69, 9.17) is 11.3 Å². The van der Waals surface area contributed by atoms with Crippen LogP contribution in [0.25, 0.3) is 44.5 Å². The minimum absolute atomic E-state index is 0. The Hall–Kier alpha value is -3.44. The zero-order chi connectivity index (χ0) is 35.2. The van der Waals surface area contributed by atoms with Crippen molar-refractivity contribution < 1.29 is 35.8 Å². The van der Waals surface area contributed by atoms with E-state index in [0.717, 1.165) is 33.2 Å². The van der Waals surface area contributed by atoms with Crippen LogP contribution in [0.3, 0.4) is 0 Å². The Morgan fingerprint density at radius 1 is 0.886 bits per heavy atom. The van der Waals surface area contributed by atoms with Crippen LogP contribution < -0.4 is 5.19 Å². The molecule has 6 aromatic rings. The molecule has 229 valence electrons. The number of halogens is 1. The minimum Gasteiger partial charge on any atom is -0.498 e. The monoisotopic (exact) mass is 784 g/mol. The van der Waals surface area contributed by atoms with Crippen LogP contribution in [0.4, 0.5) is 4.39 Å². The smallest absolute Gasteiger partial charge is 0.165 e. The molecular weight excluding hydrogens is 740 g/mol. The van der Waals surface area contributed by atoms with Crippen molar-refractivity contribution in [1.29, 1.82) is 0 Å². The van der Waals surface area contributed by atoms with E-state index < -0.39 is 26.7 Å². The molecule has 0 unspecified atom stereocenters. The third-order valence-electron chi connectivity index (χ3n) is 7.34. The third-order valence-corrected chi connectivity index (χ3v) is 9.36. The van der Waals surface area contributed by atoms with Crippen LogP contribution in [0.2, 0.25) is 19.6 Å². The molecule has 0 aliphatic heterocycles. The summed E-state index contributed by atoms with van der Waals surface area (Å²) in [4.78, 5) is 8.96. The molecule has 0 aliphatic rings. The van der Waals surface area contributed by atoms with E-state index in [1.54, 1.807) is 30.5 Å². The number of hydrogen-bond acceptors (Lipinski definition) is 3. The molecule has 3 aromatic heterocycles.